The highest BCUT2D eigenvalue weighted by atomic mass is 16.4. The molecule has 6 heteroatoms. The van der Waals surface area contributed by atoms with Crippen molar-refractivity contribution in [3.8, 4) is 0 Å². The van der Waals surface area contributed by atoms with Crippen molar-refractivity contribution in [2.75, 3.05) is 13.1 Å². The van der Waals surface area contributed by atoms with Crippen LogP contribution in [-0.4, -0.2) is 40.9 Å². The summed E-state index contributed by atoms with van der Waals surface area (Å²) in [5.41, 5.74) is 1.93. The number of rotatable bonds is 4. The molecule has 0 saturated carbocycles. The van der Waals surface area contributed by atoms with Crippen molar-refractivity contribution in [1.29, 1.82) is 0 Å². The summed E-state index contributed by atoms with van der Waals surface area (Å²) in [5.74, 6) is -1.77. The molecule has 2 N–H and O–H groups in total. The minimum atomic E-state index is -1.09. The first-order valence-corrected chi connectivity index (χ1v) is 9.41. The van der Waals surface area contributed by atoms with E-state index in [0.29, 0.717) is 25.1 Å². The first-order chi connectivity index (χ1) is 12.5. The normalized spacial score (nSPS) is 18.7. The molecule has 1 aromatic rings. The lowest BCUT2D eigenvalue weighted by atomic mass is 9.90. The third-order valence-corrected chi connectivity index (χ3v) is 5.21. The number of carboxylic acid groups (broad SMARTS) is 1. The van der Waals surface area contributed by atoms with Crippen molar-refractivity contribution in [2.24, 2.45) is 11.3 Å². The van der Waals surface area contributed by atoms with Gasteiger partial charge in [0.1, 0.15) is 0 Å². The average Bonchev–Trinajstić information content (AvgIpc) is 2.60. The molecule has 1 fully saturated rings. The topological polar surface area (TPSA) is 86.7 Å². The first kappa shape index (κ1) is 20.9. The van der Waals surface area contributed by atoms with Gasteiger partial charge in [0.05, 0.1) is 5.92 Å². The maximum absolute atomic E-state index is 12.8. The lowest BCUT2D eigenvalue weighted by Crippen LogP contribution is -2.49. The number of carbonyl (C=O) groups is 3. The molecule has 6 nitrogen and oxygen atoms in total. The Hall–Kier alpha value is -2.37. The van der Waals surface area contributed by atoms with E-state index in [0.717, 1.165) is 17.5 Å². The predicted octanol–water partition coefficient (Wildman–Crippen LogP) is 2.83. The lowest BCUT2D eigenvalue weighted by molar-refractivity contribution is -0.146. The van der Waals surface area contributed by atoms with Gasteiger partial charge in [-0.25, -0.2) is 4.79 Å². The van der Waals surface area contributed by atoms with Gasteiger partial charge in [-0.05, 0) is 43.4 Å². The van der Waals surface area contributed by atoms with E-state index in [1.807, 2.05) is 40.7 Å². The van der Waals surface area contributed by atoms with E-state index in [2.05, 4.69) is 5.32 Å². The number of carboxylic acids is 1. The third kappa shape index (κ3) is 4.87. The summed E-state index contributed by atoms with van der Waals surface area (Å²) in [4.78, 5) is 38.8. The summed E-state index contributed by atoms with van der Waals surface area (Å²) in [6.07, 6.45) is 1.39. The standard InChI is InChI=1S/C21H30N2O4/c1-13-8-6-10-16(14(13)2)17(19(25)26)22-18(24)15-9-7-11-23(12-15)20(27)21(3,4)5/h6,8,10,15,17H,7,9,11-12H2,1-5H3,(H,22,24)(H,25,26). The summed E-state index contributed by atoms with van der Waals surface area (Å²) >= 11 is 0. The first-order valence-electron chi connectivity index (χ1n) is 9.41. The van der Waals surface area contributed by atoms with Crippen LogP contribution in [0.4, 0.5) is 0 Å². The minimum Gasteiger partial charge on any atom is -0.479 e. The molecule has 0 aromatic heterocycles. The van der Waals surface area contributed by atoms with Crippen LogP contribution in [0, 0.1) is 25.2 Å². The van der Waals surface area contributed by atoms with Crippen molar-refractivity contribution in [1.82, 2.24) is 10.2 Å². The van der Waals surface area contributed by atoms with Crippen LogP contribution in [0.1, 0.15) is 56.3 Å². The van der Waals surface area contributed by atoms with Gasteiger partial charge in [0.2, 0.25) is 11.8 Å². The number of hydrogen-bond donors (Lipinski definition) is 2. The SMILES string of the molecule is Cc1cccc(C(NC(=O)C2CCCN(C(=O)C(C)(C)C)C2)C(=O)O)c1C. The van der Waals surface area contributed by atoms with Crippen LogP contribution in [0.15, 0.2) is 18.2 Å². The van der Waals surface area contributed by atoms with Crippen molar-refractivity contribution in [3.05, 3.63) is 34.9 Å². The monoisotopic (exact) mass is 374 g/mol. The highest BCUT2D eigenvalue weighted by molar-refractivity contribution is 5.87. The van der Waals surface area contributed by atoms with Crippen molar-refractivity contribution in [3.63, 3.8) is 0 Å². The van der Waals surface area contributed by atoms with Gasteiger partial charge in [-0.2, -0.15) is 0 Å². The molecule has 1 aliphatic heterocycles. The van der Waals surface area contributed by atoms with E-state index in [-0.39, 0.29) is 11.8 Å². The zero-order valence-corrected chi connectivity index (χ0v) is 16.8. The molecule has 0 radical (unpaired) electrons. The second-order valence-corrected chi connectivity index (χ2v) is 8.41. The molecule has 2 atom stereocenters. The van der Waals surface area contributed by atoms with Gasteiger partial charge >= 0.3 is 5.97 Å². The van der Waals surface area contributed by atoms with E-state index in [1.165, 1.54) is 0 Å². The fraction of sp³-hybridized carbons (Fsp3) is 0.571. The Balaban J connectivity index is 2.15. The van der Waals surface area contributed by atoms with Gasteiger partial charge < -0.3 is 15.3 Å². The van der Waals surface area contributed by atoms with Crippen molar-refractivity contribution < 1.29 is 19.5 Å². The Kier molecular flexibility index (Phi) is 6.29. The van der Waals surface area contributed by atoms with Crippen molar-refractivity contribution >= 4 is 17.8 Å². The zero-order chi connectivity index (χ0) is 20.4. The lowest BCUT2D eigenvalue weighted by Gasteiger charge is -2.36. The van der Waals surface area contributed by atoms with Crippen LogP contribution in [-0.2, 0) is 14.4 Å². The van der Waals surface area contributed by atoms with Gasteiger partial charge in [0.15, 0.2) is 6.04 Å². The number of benzene rings is 1. The number of likely N-dealkylation sites (tertiary alicyclic amines) is 1. The molecule has 1 heterocycles. The molecule has 2 rings (SSSR count). The van der Waals surface area contributed by atoms with Gasteiger partial charge in [0, 0.05) is 18.5 Å². The Morgan fingerprint density at radius 2 is 1.89 bits per heavy atom. The van der Waals surface area contributed by atoms with E-state index in [1.54, 1.807) is 17.0 Å². The maximum atomic E-state index is 12.8. The molecule has 27 heavy (non-hydrogen) atoms. The quantitative estimate of drug-likeness (QED) is 0.848. The van der Waals surface area contributed by atoms with Crippen LogP contribution in [0.25, 0.3) is 0 Å². The van der Waals surface area contributed by atoms with Crippen LogP contribution >= 0.6 is 0 Å². The highest BCUT2D eigenvalue weighted by Gasteiger charge is 2.35. The summed E-state index contributed by atoms with van der Waals surface area (Å²) in [7, 11) is 0. The number of amides is 2. The predicted molar refractivity (Wildman–Crippen MR) is 103 cm³/mol. The average molecular weight is 374 g/mol. The summed E-state index contributed by atoms with van der Waals surface area (Å²) < 4.78 is 0. The van der Waals surface area contributed by atoms with Gasteiger partial charge in [-0.15, -0.1) is 0 Å². The second kappa shape index (κ2) is 8.11. The molecule has 0 bridgehead atoms. The molecule has 2 amide bonds. The van der Waals surface area contributed by atoms with E-state index < -0.39 is 23.3 Å². The van der Waals surface area contributed by atoms with Crippen LogP contribution in [0.5, 0.6) is 0 Å². The smallest absolute Gasteiger partial charge is 0.330 e. The van der Waals surface area contributed by atoms with Gasteiger partial charge in [0.25, 0.3) is 0 Å². The second-order valence-electron chi connectivity index (χ2n) is 8.41. The number of carbonyl (C=O) groups excluding carboxylic acids is 2. The maximum Gasteiger partial charge on any atom is 0.330 e. The molecule has 2 unspecified atom stereocenters. The Morgan fingerprint density at radius 3 is 2.48 bits per heavy atom. The van der Waals surface area contributed by atoms with Crippen LogP contribution in [0.3, 0.4) is 0 Å². The largest absolute Gasteiger partial charge is 0.479 e. The number of piperidine rings is 1. The van der Waals surface area contributed by atoms with E-state index >= 15 is 0 Å². The molecule has 1 saturated heterocycles. The number of hydrogen-bond acceptors (Lipinski definition) is 3. The number of nitrogens with zero attached hydrogens (tertiary/aromatic N) is 1. The van der Waals surface area contributed by atoms with E-state index in [9.17, 15) is 19.5 Å². The number of aliphatic carboxylic acids is 1. The molecule has 1 aromatic carbocycles. The summed E-state index contributed by atoms with van der Waals surface area (Å²) in [6, 6.07) is 4.35. The Morgan fingerprint density at radius 1 is 1.22 bits per heavy atom. The van der Waals surface area contributed by atoms with Crippen LogP contribution < -0.4 is 5.32 Å². The summed E-state index contributed by atoms with van der Waals surface area (Å²) in [6.45, 7) is 10.3. The Bertz CT molecular complexity index is 736. The van der Waals surface area contributed by atoms with Gasteiger partial charge in [-0.3, -0.25) is 9.59 Å². The number of aryl methyl sites for hydroxylation is 1. The van der Waals surface area contributed by atoms with Crippen molar-refractivity contribution in [2.45, 2.75) is 53.5 Å². The molecule has 148 valence electrons. The highest BCUT2D eigenvalue weighted by Crippen LogP contribution is 2.25. The fourth-order valence-electron chi connectivity index (χ4n) is 3.47. The van der Waals surface area contributed by atoms with Gasteiger partial charge in [-0.1, -0.05) is 39.0 Å². The number of nitrogens with one attached hydrogen (secondary N) is 1. The van der Waals surface area contributed by atoms with Crippen LogP contribution in [0.2, 0.25) is 0 Å². The molecule has 0 aliphatic carbocycles. The molecular formula is C21H30N2O4. The fourth-order valence-corrected chi connectivity index (χ4v) is 3.47. The van der Waals surface area contributed by atoms with E-state index in [4.69, 9.17) is 0 Å². The summed E-state index contributed by atoms with van der Waals surface area (Å²) in [5, 5.41) is 12.3. The molecule has 0 spiro atoms. The minimum absolute atomic E-state index is 0.0179. The Labute approximate surface area is 160 Å². The molecular weight excluding hydrogens is 344 g/mol. The molecule has 1 aliphatic rings. The zero-order valence-electron chi connectivity index (χ0n) is 16.8. The third-order valence-electron chi connectivity index (χ3n) is 5.21.